The number of hydrogen-bond acceptors (Lipinski definition) is 3. The third-order valence-electron chi connectivity index (χ3n) is 3.49. The molecule has 0 saturated carbocycles. The quantitative estimate of drug-likeness (QED) is 0.822. The highest BCUT2D eigenvalue weighted by molar-refractivity contribution is 5.91. The molecule has 0 aliphatic heterocycles. The summed E-state index contributed by atoms with van der Waals surface area (Å²) in [5.41, 5.74) is 0.836. The van der Waals surface area contributed by atoms with E-state index >= 15 is 0 Å². The second-order valence-corrected chi connectivity index (χ2v) is 5.42. The van der Waals surface area contributed by atoms with Crippen molar-refractivity contribution in [3.8, 4) is 0 Å². The van der Waals surface area contributed by atoms with Gasteiger partial charge in [0.1, 0.15) is 11.5 Å². The lowest BCUT2D eigenvalue weighted by Crippen LogP contribution is -2.31. The summed E-state index contributed by atoms with van der Waals surface area (Å²) in [7, 11) is 1.65. The molecule has 0 aliphatic rings. The molecule has 0 N–H and O–H groups in total. The van der Waals surface area contributed by atoms with Crippen molar-refractivity contribution in [2.24, 2.45) is 0 Å². The molecule has 1 amide bonds. The molecule has 0 saturated heterocycles. The van der Waals surface area contributed by atoms with E-state index in [0.29, 0.717) is 13.1 Å². The van der Waals surface area contributed by atoms with Gasteiger partial charge in [0, 0.05) is 26.2 Å². The first-order valence-electron chi connectivity index (χ1n) is 7.59. The molecule has 0 unspecified atom stereocenters. The first-order valence-corrected chi connectivity index (χ1v) is 7.59. The highest BCUT2D eigenvalue weighted by Gasteiger charge is 2.15. The topological polar surface area (TPSA) is 55.2 Å². The SMILES string of the molecule is CCCCn1nc(C(=O)N(C)Cc2ccc(F)cc2)ccc1=O. The number of rotatable bonds is 6. The maximum atomic E-state index is 12.9. The van der Waals surface area contributed by atoms with E-state index in [9.17, 15) is 14.0 Å². The van der Waals surface area contributed by atoms with E-state index in [1.54, 1.807) is 19.2 Å². The van der Waals surface area contributed by atoms with Gasteiger partial charge in [-0.25, -0.2) is 9.07 Å². The molecule has 0 aliphatic carbocycles. The third-order valence-corrected chi connectivity index (χ3v) is 3.49. The molecule has 23 heavy (non-hydrogen) atoms. The number of aromatic nitrogens is 2. The van der Waals surface area contributed by atoms with Gasteiger partial charge in [0.05, 0.1) is 0 Å². The van der Waals surface area contributed by atoms with Crippen LogP contribution in [0.4, 0.5) is 4.39 Å². The molecule has 122 valence electrons. The Kier molecular flexibility index (Phi) is 5.62. The largest absolute Gasteiger partial charge is 0.336 e. The van der Waals surface area contributed by atoms with E-state index in [0.717, 1.165) is 18.4 Å². The second-order valence-electron chi connectivity index (χ2n) is 5.42. The van der Waals surface area contributed by atoms with Gasteiger partial charge < -0.3 is 4.90 Å². The van der Waals surface area contributed by atoms with Gasteiger partial charge in [-0.05, 0) is 30.2 Å². The van der Waals surface area contributed by atoms with Crippen LogP contribution in [0.15, 0.2) is 41.2 Å². The molecular formula is C17H20FN3O2. The molecule has 0 spiro atoms. The fourth-order valence-electron chi connectivity index (χ4n) is 2.16. The Balaban J connectivity index is 2.12. The van der Waals surface area contributed by atoms with Crippen molar-refractivity contribution in [2.75, 3.05) is 7.05 Å². The Labute approximate surface area is 134 Å². The van der Waals surface area contributed by atoms with E-state index in [1.165, 1.54) is 33.8 Å². The summed E-state index contributed by atoms with van der Waals surface area (Å²) >= 11 is 0. The van der Waals surface area contributed by atoms with Crippen LogP contribution in [0.25, 0.3) is 0 Å². The van der Waals surface area contributed by atoms with Crippen LogP contribution >= 0.6 is 0 Å². The monoisotopic (exact) mass is 317 g/mol. The minimum atomic E-state index is -0.313. The molecule has 0 radical (unpaired) electrons. The number of carbonyl (C=O) groups is 1. The summed E-state index contributed by atoms with van der Waals surface area (Å²) in [4.78, 5) is 25.7. The van der Waals surface area contributed by atoms with Gasteiger partial charge in [0.15, 0.2) is 0 Å². The number of benzene rings is 1. The smallest absolute Gasteiger partial charge is 0.274 e. The molecule has 1 aromatic carbocycles. The fourth-order valence-corrected chi connectivity index (χ4v) is 2.16. The van der Waals surface area contributed by atoms with Gasteiger partial charge in [-0.15, -0.1) is 0 Å². The molecular weight excluding hydrogens is 297 g/mol. The summed E-state index contributed by atoms with van der Waals surface area (Å²) in [6, 6.07) is 8.78. The number of amides is 1. The van der Waals surface area contributed by atoms with Crippen LogP contribution in [0.2, 0.25) is 0 Å². The molecule has 2 aromatic rings. The van der Waals surface area contributed by atoms with Crippen molar-refractivity contribution in [1.29, 1.82) is 0 Å². The first-order chi connectivity index (χ1) is 11.0. The number of hydrogen-bond donors (Lipinski definition) is 0. The van der Waals surface area contributed by atoms with E-state index in [1.807, 2.05) is 6.92 Å². The van der Waals surface area contributed by atoms with Crippen LogP contribution < -0.4 is 5.56 Å². The molecule has 0 atom stereocenters. The van der Waals surface area contributed by atoms with Crippen LogP contribution in [0.5, 0.6) is 0 Å². The van der Waals surface area contributed by atoms with Crippen molar-refractivity contribution in [3.63, 3.8) is 0 Å². The van der Waals surface area contributed by atoms with Gasteiger partial charge >= 0.3 is 0 Å². The number of carbonyl (C=O) groups excluding carboxylic acids is 1. The van der Waals surface area contributed by atoms with Crippen LogP contribution in [-0.2, 0) is 13.1 Å². The van der Waals surface area contributed by atoms with Crippen LogP contribution in [0, 0.1) is 5.82 Å². The van der Waals surface area contributed by atoms with Gasteiger partial charge in [0.25, 0.3) is 11.5 Å². The summed E-state index contributed by atoms with van der Waals surface area (Å²) in [5.74, 6) is -0.591. The highest BCUT2D eigenvalue weighted by atomic mass is 19.1. The zero-order valence-corrected chi connectivity index (χ0v) is 13.3. The second kappa shape index (κ2) is 7.67. The molecule has 5 nitrogen and oxygen atoms in total. The zero-order valence-electron chi connectivity index (χ0n) is 13.3. The molecule has 2 rings (SSSR count). The minimum absolute atomic E-state index is 0.212. The van der Waals surface area contributed by atoms with Crippen molar-refractivity contribution < 1.29 is 9.18 Å². The van der Waals surface area contributed by atoms with Crippen LogP contribution in [0.1, 0.15) is 35.8 Å². The lowest BCUT2D eigenvalue weighted by atomic mass is 10.2. The zero-order chi connectivity index (χ0) is 16.8. The van der Waals surface area contributed by atoms with Crippen LogP contribution in [-0.4, -0.2) is 27.6 Å². The lowest BCUT2D eigenvalue weighted by molar-refractivity contribution is 0.0776. The van der Waals surface area contributed by atoms with E-state index < -0.39 is 0 Å². The van der Waals surface area contributed by atoms with Crippen LogP contribution in [0.3, 0.4) is 0 Å². The third kappa shape index (κ3) is 4.48. The Hall–Kier alpha value is -2.50. The average Bonchev–Trinajstić information content (AvgIpc) is 2.55. The predicted octanol–water partition coefficient (Wildman–Crippen LogP) is 2.45. The first kappa shape index (κ1) is 16.9. The summed E-state index contributed by atoms with van der Waals surface area (Å²) in [5, 5.41) is 4.14. The average molecular weight is 317 g/mol. The van der Waals surface area contributed by atoms with E-state index in [2.05, 4.69) is 5.10 Å². The van der Waals surface area contributed by atoms with E-state index in [-0.39, 0.29) is 23.0 Å². The van der Waals surface area contributed by atoms with Gasteiger partial charge in [-0.3, -0.25) is 9.59 Å². The van der Waals surface area contributed by atoms with Crippen molar-refractivity contribution in [2.45, 2.75) is 32.9 Å². The maximum absolute atomic E-state index is 12.9. The Morgan fingerprint density at radius 3 is 2.57 bits per heavy atom. The number of nitrogens with zero attached hydrogens (tertiary/aromatic N) is 3. The summed E-state index contributed by atoms with van der Waals surface area (Å²) in [6.07, 6.45) is 1.77. The van der Waals surface area contributed by atoms with Gasteiger partial charge in [-0.2, -0.15) is 5.10 Å². The summed E-state index contributed by atoms with van der Waals surface area (Å²) in [6.45, 7) is 2.86. The molecule has 6 heteroatoms. The standard InChI is InChI=1S/C17H20FN3O2/c1-3-4-11-21-16(22)10-9-15(19-21)17(23)20(2)12-13-5-7-14(18)8-6-13/h5-10H,3-4,11-12H2,1-2H3. The number of aryl methyl sites for hydroxylation is 1. The van der Waals surface area contributed by atoms with Crippen molar-refractivity contribution in [3.05, 3.63) is 63.8 Å². The molecule has 1 heterocycles. The fraction of sp³-hybridized carbons (Fsp3) is 0.353. The predicted molar refractivity (Wildman–Crippen MR) is 85.6 cm³/mol. The Morgan fingerprint density at radius 1 is 1.22 bits per heavy atom. The molecule has 0 fully saturated rings. The summed E-state index contributed by atoms with van der Waals surface area (Å²) < 4.78 is 14.2. The highest BCUT2D eigenvalue weighted by Crippen LogP contribution is 2.08. The maximum Gasteiger partial charge on any atom is 0.274 e. The molecule has 0 bridgehead atoms. The van der Waals surface area contributed by atoms with E-state index in [4.69, 9.17) is 0 Å². The molecule has 1 aromatic heterocycles. The van der Waals surface area contributed by atoms with Gasteiger partial charge in [0.2, 0.25) is 0 Å². The lowest BCUT2D eigenvalue weighted by Gasteiger charge is -2.17. The normalized spacial score (nSPS) is 10.6. The number of halogens is 1. The van der Waals surface area contributed by atoms with Gasteiger partial charge in [-0.1, -0.05) is 25.5 Å². The Bertz CT molecular complexity index is 725. The van der Waals surface area contributed by atoms with Crippen molar-refractivity contribution >= 4 is 5.91 Å². The number of unbranched alkanes of at least 4 members (excludes halogenated alkanes) is 1. The van der Waals surface area contributed by atoms with Crippen molar-refractivity contribution in [1.82, 2.24) is 14.7 Å². The minimum Gasteiger partial charge on any atom is -0.336 e. The Morgan fingerprint density at radius 2 is 1.91 bits per heavy atom.